The summed E-state index contributed by atoms with van der Waals surface area (Å²) in [6.45, 7) is 0.724. The van der Waals surface area contributed by atoms with Crippen LogP contribution in [0.2, 0.25) is 0 Å². The number of hydrogen-bond donors (Lipinski definition) is 0. The van der Waals surface area contributed by atoms with Gasteiger partial charge >= 0.3 is 0 Å². The average Bonchev–Trinajstić information content (AvgIpc) is 2.95. The molecule has 1 aliphatic rings. The molecule has 106 valence electrons. The third kappa shape index (κ3) is 2.79. The van der Waals surface area contributed by atoms with Crippen LogP contribution in [-0.2, 0) is 19.4 Å². The highest BCUT2D eigenvalue weighted by Crippen LogP contribution is 2.28. The minimum atomic E-state index is 0.671. The quantitative estimate of drug-likeness (QED) is 0.851. The molecule has 0 bridgehead atoms. The molecular formula is C17H16BrN3. The molecule has 1 aliphatic carbocycles. The van der Waals surface area contributed by atoms with E-state index in [9.17, 15) is 5.26 Å². The first-order valence-electron chi connectivity index (χ1n) is 7.06. The number of nitrogens with zero attached hydrogens (tertiary/aromatic N) is 3. The van der Waals surface area contributed by atoms with Crippen molar-refractivity contribution in [2.45, 2.75) is 25.8 Å². The van der Waals surface area contributed by atoms with Gasteiger partial charge in [0.1, 0.15) is 11.9 Å². The van der Waals surface area contributed by atoms with Crippen molar-refractivity contribution in [3.8, 4) is 6.07 Å². The first kappa shape index (κ1) is 14.1. The van der Waals surface area contributed by atoms with Gasteiger partial charge in [-0.3, -0.25) is 0 Å². The van der Waals surface area contributed by atoms with E-state index in [2.05, 4.69) is 33.0 Å². The molecule has 0 fully saturated rings. The van der Waals surface area contributed by atoms with Crippen LogP contribution in [0.25, 0.3) is 0 Å². The van der Waals surface area contributed by atoms with Crippen LogP contribution >= 0.6 is 15.9 Å². The fourth-order valence-electron chi connectivity index (χ4n) is 2.79. The Morgan fingerprint density at radius 1 is 1.33 bits per heavy atom. The molecule has 0 aliphatic heterocycles. The molecule has 0 saturated heterocycles. The van der Waals surface area contributed by atoms with Gasteiger partial charge in [0.2, 0.25) is 0 Å². The van der Waals surface area contributed by atoms with Gasteiger partial charge in [-0.1, -0.05) is 34.1 Å². The largest absolute Gasteiger partial charge is 0.354 e. The molecule has 1 aromatic carbocycles. The first-order valence-corrected chi connectivity index (χ1v) is 7.86. The maximum atomic E-state index is 9.39. The predicted octanol–water partition coefficient (Wildman–Crippen LogP) is 3.84. The summed E-state index contributed by atoms with van der Waals surface area (Å²) in [5, 5.41) is 9.39. The lowest BCUT2D eigenvalue weighted by atomic mass is 10.1. The molecule has 1 heterocycles. The third-order valence-corrected chi connectivity index (χ3v) is 4.65. The lowest BCUT2D eigenvalue weighted by Crippen LogP contribution is -2.20. The van der Waals surface area contributed by atoms with Crippen molar-refractivity contribution in [3.05, 3.63) is 57.2 Å². The van der Waals surface area contributed by atoms with E-state index in [4.69, 9.17) is 4.98 Å². The molecule has 3 nitrogen and oxygen atoms in total. The molecule has 0 N–H and O–H groups in total. The van der Waals surface area contributed by atoms with Crippen molar-refractivity contribution in [1.82, 2.24) is 4.98 Å². The van der Waals surface area contributed by atoms with Gasteiger partial charge in [-0.2, -0.15) is 5.26 Å². The number of halogens is 1. The molecule has 0 amide bonds. The maximum absolute atomic E-state index is 9.39. The second-order valence-corrected chi connectivity index (χ2v) is 6.23. The Morgan fingerprint density at radius 3 is 2.90 bits per heavy atom. The van der Waals surface area contributed by atoms with Gasteiger partial charge in [0.25, 0.3) is 0 Å². The predicted molar refractivity (Wildman–Crippen MR) is 87.2 cm³/mol. The number of anilines is 1. The molecule has 21 heavy (non-hydrogen) atoms. The van der Waals surface area contributed by atoms with E-state index < -0.39 is 0 Å². The topological polar surface area (TPSA) is 39.9 Å². The smallest absolute Gasteiger partial charge is 0.146 e. The van der Waals surface area contributed by atoms with E-state index in [1.165, 1.54) is 11.1 Å². The first-order chi connectivity index (χ1) is 10.2. The zero-order valence-corrected chi connectivity index (χ0v) is 13.5. The molecule has 0 radical (unpaired) electrons. The minimum absolute atomic E-state index is 0.671. The number of pyridine rings is 1. The zero-order chi connectivity index (χ0) is 14.8. The Balaban J connectivity index is 1.93. The van der Waals surface area contributed by atoms with Crippen LogP contribution in [0.15, 0.2) is 34.8 Å². The zero-order valence-electron chi connectivity index (χ0n) is 11.9. The summed E-state index contributed by atoms with van der Waals surface area (Å²) >= 11 is 3.57. The number of rotatable bonds is 3. The Labute approximate surface area is 133 Å². The standard InChI is InChI=1S/C17H16BrN3/c1-21(11-13-5-2-3-7-15(13)18)17-14(10-19)9-12-6-4-8-16(12)20-17/h2-3,5,7,9H,4,6,8,11H2,1H3. The van der Waals surface area contributed by atoms with E-state index in [0.717, 1.165) is 41.8 Å². The normalized spacial score (nSPS) is 12.8. The fraction of sp³-hybridized carbons (Fsp3) is 0.294. The van der Waals surface area contributed by atoms with Crippen LogP contribution in [0, 0.1) is 11.3 Å². The SMILES string of the molecule is CN(Cc1ccccc1Br)c1nc2c(cc1C#N)CCC2. The van der Waals surface area contributed by atoms with Crippen LogP contribution in [0.3, 0.4) is 0 Å². The second-order valence-electron chi connectivity index (χ2n) is 5.38. The molecule has 0 spiro atoms. The number of aryl methyl sites for hydroxylation is 2. The lowest BCUT2D eigenvalue weighted by Gasteiger charge is -2.21. The summed E-state index contributed by atoms with van der Waals surface area (Å²) in [4.78, 5) is 6.79. The fourth-order valence-corrected chi connectivity index (χ4v) is 3.20. The highest BCUT2D eigenvalue weighted by Gasteiger charge is 2.18. The molecule has 1 aromatic heterocycles. The van der Waals surface area contributed by atoms with Crippen LogP contribution in [-0.4, -0.2) is 12.0 Å². The van der Waals surface area contributed by atoms with Gasteiger partial charge in [-0.25, -0.2) is 4.98 Å². The monoisotopic (exact) mass is 341 g/mol. The van der Waals surface area contributed by atoms with Crippen molar-refractivity contribution in [2.75, 3.05) is 11.9 Å². The van der Waals surface area contributed by atoms with Gasteiger partial charge in [0.05, 0.1) is 5.56 Å². The van der Waals surface area contributed by atoms with Crippen molar-refractivity contribution in [2.24, 2.45) is 0 Å². The number of benzene rings is 1. The number of aromatic nitrogens is 1. The summed E-state index contributed by atoms with van der Waals surface area (Å²) in [5.74, 6) is 0.786. The molecular weight excluding hydrogens is 326 g/mol. The summed E-state index contributed by atoms with van der Waals surface area (Å²) in [7, 11) is 1.99. The van der Waals surface area contributed by atoms with Crippen molar-refractivity contribution < 1.29 is 0 Å². The molecule has 2 aromatic rings. The van der Waals surface area contributed by atoms with Crippen LogP contribution in [0.4, 0.5) is 5.82 Å². The molecule has 3 rings (SSSR count). The summed E-state index contributed by atoms with van der Waals surface area (Å²) in [6.07, 6.45) is 3.22. The van der Waals surface area contributed by atoms with Crippen molar-refractivity contribution >= 4 is 21.7 Å². The van der Waals surface area contributed by atoms with Crippen LogP contribution < -0.4 is 4.90 Å². The molecule has 4 heteroatoms. The minimum Gasteiger partial charge on any atom is -0.354 e. The Kier molecular flexibility index (Phi) is 3.94. The number of nitriles is 1. The second kappa shape index (κ2) is 5.87. The van der Waals surface area contributed by atoms with Crippen molar-refractivity contribution in [1.29, 1.82) is 5.26 Å². The Bertz CT molecular complexity index is 718. The highest BCUT2D eigenvalue weighted by molar-refractivity contribution is 9.10. The maximum Gasteiger partial charge on any atom is 0.146 e. The highest BCUT2D eigenvalue weighted by atomic mass is 79.9. The summed E-state index contributed by atoms with van der Waals surface area (Å²) in [5.41, 5.74) is 4.25. The van der Waals surface area contributed by atoms with E-state index in [1.54, 1.807) is 0 Å². The van der Waals surface area contributed by atoms with Gasteiger partial charge < -0.3 is 4.90 Å². The van der Waals surface area contributed by atoms with E-state index in [1.807, 2.05) is 31.3 Å². The van der Waals surface area contributed by atoms with Gasteiger partial charge in [-0.15, -0.1) is 0 Å². The Morgan fingerprint density at radius 2 is 2.14 bits per heavy atom. The average molecular weight is 342 g/mol. The molecule has 0 saturated carbocycles. The van der Waals surface area contributed by atoms with Crippen molar-refractivity contribution in [3.63, 3.8) is 0 Å². The number of hydrogen-bond acceptors (Lipinski definition) is 3. The van der Waals surface area contributed by atoms with E-state index in [-0.39, 0.29) is 0 Å². The van der Waals surface area contributed by atoms with Gasteiger partial charge in [-0.05, 0) is 42.5 Å². The van der Waals surface area contributed by atoms with Gasteiger partial charge in [0, 0.05) is 23.8 Å². The van der Waals surface area contributed by atoms with E-state index >= 15 is 0 Å². The van der Waals surface area contributed by atoms with Crippen LogP contribution in [0.1, 0.15) is 28.8 Å². The molecule has 0 atom stereocenters. The summed E-state index contributed by atoms with van der Waals surface area (Å²) < 4.78 is 1.08. The summed E-state index contributed by atoms with van der Waals surface area (Å²) in [6, 6.07) is 12.4. The number of fused-ring (bicyclic) bond motifs is 1. The van der Waals surface area contributed by atoms with E-state index in [0.29, 0.717) is 5.56 Å². The Hall–Kier alpha value is -1.86. The molecule has 0 unspecified atom stereocenters. The lowest BCUT2D eigenvalue weighted by molar-refractivity contribution is 0.870. The van der Waals surface area contributed by atoms with Gasteiger partial charge in [0.15, 0.2) is 0 Å². The third-order valence-electron chi connectivity index (χ3n) is 3.88. The van der Waals surface area contributed by atoms with Crippen LogP contribution in [0.5, 0.6) is 0 Å².